The van der Waals surface area contributed by atoms with Gasteiger partial charge in [0.25, 0.3) is 0 Å². The highest BCUT2D eigenvalue weighted by molar-refractivity contribution is 5.73. The van der Waals surface area contributed by atoms with Gasteiger partial charge in [-0.3, -0.25) is 9.78 Å². The molecule has 1 rings (SSSR count). The number of hydrogen-bond donors (Lipinski definition) is 0. The molecule has 0 atom stereocenters. The van der Waals surface area contributed by atoms with Crippen molar-refractivity contribution < 1.29 is 9.53 Å². The van der Waals surface area contributed by atoms with E-state index >= 15 is 0 Å². The van der Waals surface area contributed by atoms with Gasteiger partial charge in [-0.2, -0.15) is 5.26 Å². The molecule has 0 saturated carbocycles. The number of aryl methyl sites for hydroxylation is 1. The third-order valence-corrected chi connectivity index (χ3v) is 1.89. The lowest BCUT2D eigenvalue weighted by Gasteiger charge is -2.04. The molecule has 78 valence electrons. The van der Waals surface area contributed by atoms with Crippen LogP contribution in [-0.4, -0.2) is 17.6 Å². The van der Waals surface area contributed by atoms with Gasteiger partial charge in [-0.25, -0.2) is 0 Å². The summed E-state index contributed by atoms with van der Waals surface area (Å²) >= 11 is 0. The van der Waals surface area contributed by atoms with Crippen molar-refractivity contribution in [3.05, 3.63) is 29.1 Å². The van der Waals surface area contributed by atoms with E-state index in [0.717, 1.165) is 5.69 Å². The highest BCUT2D eigenvalue weighted by atomic mass is 16.5. The van der Waals surface area contributed by atoms with Crippen LogP contribution in [-0.2, 0) is 16.0 Å². The number of nitriles is 1. The van der Waals surface area contributed by atoms with Crippen molar-refractivity contribution in [2.45, 2.75) is 20.3 Å². The van der Waals surface area contributed by atoms with Crippen LogP contribution < -0.4 is 0 Å². The maximum absolute atomic E-state index is 11.2. The molecular formula is C11H12N2O2. The van der Waals surface area contributed by atoms with Crippen LogP contribution >= 0.6 is 0 Å². The summed E-state index contributed by atoms with van der Waals surface area (Å²) in [6.07, 6.45) is 1.60. The minimum absolute atomic E-state index is 0.125. The molecule has 4 heteroatoms. The summed E-state index contributed by atoms with van der Waals surface area (Å²) in [4.78, 5) is 15.2. The van der Waals surface area contributed by atoms with Gasteiger partial charge in [-0.05, 0) is 25.5 Å². The number of hydrogen-bond acceptors (Lipinski definition) is 4. The monoisotopic (exact) mass is 204 g/mol. The maximum Gasteiger partial charge on any atom is 0.310 e. The highest BCUT2D eigenvalue weighted by Crippen LogP contribution is 2.09. The molecule has 1 aromatic heterocycles. The van der Waals surface area contributed by atoms with Gasteiger partial charge in [0.2, 0.25) is 0 Å². The van der Waals surface area contributed by atoms with Crippen molar-refractivity contribution in [3.8, 4) is 6.07 Å². The Balaban J connectivity index is 2.88. The standard InChI is InChI=1S/C11H12N2O2/c1-3-15-11(14)5-9-4-8(2)13-7-10(9)6-12/h4,7H,3,5H2,1-2H3. The molecule has 0 aliphatic rings. The molecule has 0 bridgehead atoms. The highest BCUT2D eigenvalue weighted by Gasteiger charge is 2.09. The number of esters is 1. The number of carbonyl (C=O) groups is 1. The summed E-state index contributed by atoms with van der Waals surface area (Å²) in [5, 5.41) is 8.81. The van der Waals surface area contributed by atoms with E-state index in [1.807, 2.05) is 13.0 Å². The predicted molar refractivity (Wildman–Crippen MR) is 54.0 cm³/mol. The molecule has 0 radical (unpaired) electrons. The average Bonchev–Trinajstić information content (AvgIpc) is 2.18. The molecule has 0 fully saturated rings. The maximum atomic E-state index is 11.2. The van der Waals surface area contributed by atoms with E-state index in [9.17, 15) is 4.79 Å². The van der Waals surface area contributed by atoms with Crippen LogP contribution in [0, 0.1) is 18.3 Å². The molecule has 0 amide bonds. The van der Waals surface area contributed by atoms with Gasteiger partial charge in [-0.15, -0.1) is 0 Å². The van der Waals surface area contributed by atoms with Crippen LogP contribution in [0.15, 0.2) is 12.3 Å². The van der Waals surface area contributed by atoms with Crippen molar-refractivity contribution in [3.63, 3.8) is 0 Å². The third-order valence-electron chi connectivity index (χ3n) is 1.89. The molecule has 0 saturated heterocycles. The van der Waals surface area contributed by atoms with Crippen molar-refractivity contribution in [1.82, 2.24) is 4.98 Å². The normalized spacial score (nSPS) is 9.40. The minimum Gasteiger partial charge on any atom is -0.466 e. The van der Waals surface area contributed by atoms with Crippen molar-refractivity contribution >= 4 is 5.97 Å². The van der Waals surface area contributed by atoms with Gasteiger partial charge in [0.1, 0.15) is 6.07 Å². The smallest absolute Gasteiger partial charge is 0.310 e. The molecule has 1 aromatic rings. The molecule has 0 unspecified atom stereocenters. The zero-order chi connectivity index (χ0) is 11.3. The predicted octanol–water partition coefficient (Wildman–Crippen LogP) is 1.37. The lowest BCUT2D eigenvalue weighted by Crippen LogP contribution is -2.09. The molecule has 0 aromatic carbocycles. The molecule has 0 aliphatic heterocycles. The second-order valence-corrected chi connectivity index (χ2v) is 3.08. The second-order valence-electron chi connectivity index (χ2n) is 3.08. The van der Waals surface area contributed by atoms with Crippen LogP contribution in [0.3, 0.4) is 0 Å². The van der Waals surface area contributed by atoms with Gasteiger partial charge >= 0.3 is 5.97 Å². The van der Waals surface area contributed by atoms with Crippen LogP contribution in [0.4, 0.5) is 0 Å². The van der Waals surface area contributed by atoms with Crippen LogP contribution in [0.25, 0.3) is 0 Å². The van der Waals surface area contributed by atoms with Crippen molar-refractivity contribution in [2.24, 2.45) is 0 Å². The fourth-order valence-corrected chi connectivity index (χ4v) is 1.23. The van der Waals surface area contributed by atoms with Crippen LogP contribution in [0.5, 0.6) is 0 Å². The van der Waals surface area contributed by atoms with Crippen LogP contribution in [0.2, 0.25) is 0 Å². The summed E-state index contributed by atoms with van der Waals surface area (Å²) in [7, 11) is 0. The molecule has 0 N–H and O–H groups in total. The Hall–Kier alpha value is -1.89. The minimum atomic E-state index is -0.320. The van der Waals surface area contributed by atoms with Crippen molar-refractivity contribution in [1.29, 1.82) is 5.26 Å². The second kappa shape index (κ2) is 5.11. The zero-order valence-corrected chi connectivity index (χ0v) is 8.78. The Morgan fingerprint density at radius 1 is 1.67 bits per heavy atom. The largest absolute Gasteiger partial charge is 0.466 e. The topological polar surface area (TPSA) is 63.0 Å². The zero-order valence-electron chi connectivity index (χ0n) is 8.78. The first kappa shape index (κ1) is 11.2. The molecule has 0 aliphatic carbocycles. The number of aromatic nitrogens is 1. The van der Waals surface area contributed by atoms with Gasteiger partial charge in [-0.1, -0.05) is 0 Å². The van der Waals surface area contributed by atoms with Gasteiger partial charge in [0.15, 0.2) is 0 Å². The fourth-order valence-electron chi connectivity index (χ4n) is 1.23. The number of carbonyl (C=O) groups excluding carboxylic acids is 1. The lowest BCUT2D eigenvalue weighted by molar-refractivity contribution is -0.142. The van der Waals surface area contributed by atoms with E-state index in [4.69, 9.17) is 10.00 Å². The molecule has 4 nitrogen and oxygen atoms in total. The summed E-state index contributed by atoms with van der Waals surface area (Å²) in [6, 6.07) is 3.73. The Labute approximate surface area is 88.5 Å². The van der Waals surface area contributed by atoms with Gasteiger partial charge < -0.3 is 4.74 Å². The van der Waals surface area contributed by atoms with E-state index in [-0.39, 0.29) is 12.4 Å². The van der Waals surface area contributed by atoms with Crippen LogP contribution in [0.1, 0.15) is 23.7 Å². The third kappa shape index (κ3) is 3.06. The summed E-state index contributed by atoms with van der Waals surface area (Å²) in [5.74, 6) is -0.320. The molecule has 15 heavy (non-hydrogen) atoms. The number of nitrogens with zero attached hydrogens (tertiary/aromatic N) is 2. The number of ether oxygens (including phenoxy) is 1. The first-order valence-electron chi connectivity index (χ1n) is 4.68. The lowest BCUT2D eigenvalue weighted by atomic mass is 10.1. The van der Waals surface area contributed by atoms with Crippen molar-refractivity contribution in [2.75, 3.05) is 6.61 Å². The number of pyridine rings is 1. The SMILES string of the molecule is CCOC(=O)Cc1cc(C)ncc1C#N. The first-order valence-corrected chi connectivity index (χ1v) is 4.68. The quantitative estimate of drug-likeness (QED) is 0.697. The number of rotatable bonds is 3. The fraction of sp³-hybridized carbons (Fsp3) is 0.364. The van der Waals surface area contributed by atoms with E-state index in [0.29, 0.717) is 17.7 Å². The van der Waals surface area contributed by atoms with E-state index in [1.54, 1.807) is 13.0 Å². The first-order chi connectivity index (χ1) is 7.17. The van der Waals surface area contributed by atoms with E-state index in [1.165, 1.54) is 6.20 Å². The average molecular weight is 204 g/mol. The molecule has 0 spiro atoms. The Morgan fingerprint density at radius 3 is 3.00 bits per heavy atom. The van der Waals surface area contributed by atoms with Gasteiger partial charge in [0.05, 0.1) is 18.6 Å². The Bertz CT molecular complexity index is 408. The van der Waals surface area contributed by atoms with E-state index < -0.39 is 0 Å². The summed E-state index contributed by atoms with van der Waals surface area (Å²) < 4.78 is 4.82. The van der Waals surface area contributed by atoms with Gasteiger partial charge in [0, 0.05) is 11.9 Å². The molecular weight excluding hydrogens is 192 g/mol. The molecule has 1 heterocycles. The van der Waals surface area contributed by atoms with E-state index in [2.05, 4.69) is 4.98 Å². The summed E-state index contributed by atoms with van der Waals surface area (Å²) in [6.45, 7) is 3.92. The summed E-state index contributed by atoms with van der Waals surface area (Å²) in [5.41, 5.74) is 1.88. The Morgan fingerprint density at radius 2 is 2.40 bits per heavy atom. The Kier molecular flexibility index (Phi) is 3.81.